The van der Waals surface area contributed by atoms with Crippen LogP contribution in [-0.2, 0) is 0 Å². The molecule has 0 spiro atoms. The quantitative estimate of drug-likeness (QED) is 0.349. The molecule has 0 fully saturated rings. The predicted molar refractivity (Wildman–Crippen MR) is 47.7 cm³/mol. The van der Waals surface area contributed by atoms with Gasteiger partial charge in [-0.05, 0) is 0 Å². The van der Waals surface area contributed by atoms with Crippen molar-refractivity contribution in [1.82, 2.24) is 0 Å². The first-order chi connectivity index (χ1) is 5.91. The second kappa shape index (κ2) is 3.35. The fraction of sp³-hybridized carbons (Fsp3) is 0. The molecule has 6 nitrogen and oxygen atoms in total. The summed E-state index contributed by atoms with van der Waals surface area (Å²) in [5, 5.41) is 10.1. The van der Waals surface area contributed by atoms with Gasteiger partial charge >= 0.3 is 72.9 Å². The van der Waals surface area contributed by atoms with Gasteiger partial charge in [0.15, 0.2) is 0 Å². The zero-order chi connectivity index (χ0) is 10.1. The summed E-state index contributed by atoms with van der Waals surface area (Å²) >= 11 is 0. The van der Waals surface area contributed by atoms with E-state index >= 15 is 0 Å². The van der Waals surface area contributed by atoms with E-state index in [9.17, 15) is 10.1 Å². The fourth-order valence-electron chi connectivity index (χ4n) is 0.807. The molecule has 0 aliphatic rings. The van der Waals surface area contributed by atoms with Crippen LogP contribution in [-0.4, -0.2) is 19.6 Å². The van der Waals surface area contributed by atoms with E-state index in [2.05, 4.69) is 0 Å². The first-order valence-electron chi connectivity index (χ1n) is 3.33. The Labute approximate surface area is 73.8 Å². The van der Waals surface area contributed by atoms with Crippen LogP contribution in [0, 0.1) is 10.1 Å². The third kappa shape index (κ3) is 2.43. The Morgan fingerprint density at radius 3 is 1.92 bits per heavy atom. The van der Waals surface area contributed by atoms with E-state index in [0.717, 1.165) is 24.3 Å². The van der Waals surface area contributed by atoms with Gasteiger partial charge in [0.25, 0.3) is 0 Å². The molecule has 0 aliphatic carbocycles. The van der Waals surface area contributed by atoms with E-state index in [4.69, 9.17) is 14.7 Å². The van der Waals surface area contributed by atoms with Crippen molar-refractivity contribution >= 4 is 18.9 Å². The number of nitrogens with zero attached hydrogens (tertiary/aromatic N) is 1. The summed E-state index contributed by atoms with van der Waals surface area (Å²) < 4.78 is 0. The third-order valence-electron chi connectivity index (χ3n) is 1.47. The molecule has 1 aromatic rings. The molecule has 0 bridgehead atoms. The molecule has 0 saturated heterocycles. The van der Waals surface area contributed by atoms with E-state index in [1.165, 1.54) is 0 Å². The zero-order valence-electron chi connectivity index (χ0n) is 6.41. The van der Waals surface area contributed by atoms with Crippen molar-refractivity contribution < 1.29 is 19.6 Å². The van der Waals surface area contributed by atoms with E-state index in [1.807, 2.05) is 0 Å². The molecule has 13 heavy (non-hydrogen) atoms. The van der Waals surface area contributed by atoms with Gasteiger partial charge in [-0.25, -0.2) is 0 Å². The Balaban J connectivity index is 3.01. The second-order valence-electron chi connectivity index (χ2n) is 2.44. The molecular formula is C6H8NO5P. The number of nitro benzene ring substituents is 1. The summed E-state index contributed by atoms with van der Waals surface area (Å²) in [6.07, 6.45) is 0. The Bertz CT molecular complexity index is 317. The maximum atomic E-state index is 10.2. The fourth-order valence-corrected chi connectivity index (χ4v) is 1.42. The molecule has 0 radical (unpaired) electrons. The SMILES string of the molecule is O=[N+]([O-])c1ccc([PH](O)(O)O)cc1. The van der Waals surface area contributed by atoms with Gasteiger partial charge in [0.2, 0.25) is 0 Å². The zero-order valence-corrected chi connectivity index (χ0v) is 7.41. The molecule has 0 aliphatic heterocycles. The van der Waals surface area contributed by atoms with E-state index in [0.29, 0.717) is 0 Å². The number of hydrogen-bond donors (Lipinski definition) is 3. The second-order valence-corrected chi connectivity index (χ2v) is 4.29. The first-order valence-corrected chi connectivity index (χ1v) is 5.17. The van der Waals surface area contributed by atoms with Crippen LogP contribution in [0.5, 0.6) is 0 Å². The van der Waals surface area contributed by atoms with Crippen LogP contribution in [0.4, 0.5) is 5.69 Å². The summed E-state index contributed by atoms with van der Waals surface area (Å²) in [4.78, 5) is 36.0. The molecule has 3 N–H and O–H groups in total. The Morgan fingerprint density at radius 1 is 1.15 bits per heavy atom. The predicted octanol–water partition coefficient (Wildman–Crippen LogP) is -0.308. The number of benzene rings is 1. The summed E-state index contributed by atoms with van der Waals surface area (Å²) in [5.74, 6) is 0. The van der Waals surface area contributed by atoms with Crippen molar-refractivity contribution in [2.75, 3.05) is 0 Å². The molecule has 72 valence electrons. The van der Waals surface area contributed by atoms with E-state index < -0.39 is 12.9 Å². The number of non-ortho nitro benzene ring substituents is 1. The van der Waals surface area contributed by atoms with Gasteiger partial charge in [-0.2, -0.15) is 0 Å². The molecule has 0 amide bonds. The van der Waals surface area contributed by atoms with Gasteiger partial charge in [-0.3, -0.25) is 0 Å². The molecule has 7 heteroatoms. The van der Waals surface area contributed by atoms with Gasteiger partial charge < -0.3 is 0 Å². The van der Waals surface area contributed by atoms with E-state index in [-0.39, 0.29) is 11.0 Å². The number of rotatable bonds is 2. The van der Waals surface area contributed by atoms with Crippen molar-refractivity contribution in [2.24, 2.45) is 0 Å². The van der Waals surface area contributed by atoms with Crippen LogP contribution >= 0.6 is 7.94 Å². The minimum atomic E-state index is -4.31. The van der Waals surface area contributed by atoms with Crippen molar-refractivity contribution in [3.8, 4) is 0 Å². The molecule has 1 aromatic carbocycles. The standard InChI is InChI=1S/C6H8NO5P/c8-7(9)5-1-3-6(4-2-5)13(10,11)12/h1-4,10-13H. The first kappa shape index (κ1) is 10.0. The summed E-state index contributed by atoms with van der Waals surface area (Å²) in [7, 11) is -4.31. The molecule has 0 heterocycles. The van der Waals surface area contributed by atoms with Crippen LogP contribution in [0.3, 0.4) is 0 Å². The normalized spacial score (nSPS) is 12.5. The van der Waals surface area contributed by atoms with Gasteiger partial charge in [0.05, 0.1) is 0 Å². The van der Waals surface area contributed by atoms with Crippen LogP contribution < -0.4 is 5.30 Å². The van der Waals surface area contributed by atoms with Crippen molar-refractivity contribution in [3.05, 3.63) is 34.4 Å². The van der Waals surface area contributed by atoms with Crippen LogP contribution in [0.1, 0.15) is 0 Å². The van der Waals surface area contributed by atoms with Crippen LogP contribution in [0.25, 0.3) is 0 Å². The van der Waals surface area contributed by atoms with Crippen LogP contribution in [0.2, 0.25) is 0 Å². The van der Waals surface area contributed by atoms with Gasteiger partial charge in [-0.15, -0.1) is 0 Å². The monoisotopic (exact) mass is 205 g/mol. The third-order valence-corrected chi connectivity index (χ3v) is 2.57. The topological polar surface area (TPSA) is 104 Å². The van der Waals surface area contributed by atoms with Crippen molar-refractivity contribution in [3.63, 3.8) is 0 Å². The average molecular weight is 205 g/mol. The Kier molecular flexibility index (Phi) is 2.58. The van der Waals surface area contributed by atoms with Gasteiger partial charge in [0, 0.05) is 0 Å². The van der Waals surface area contributed by atoms with Gasteiger partial charge in [0.1, 0.15) is 0 Å². The Morgan fingerprint density at radius 2 is 1.62 bits per heavy atom. The molecule has 1 rings (SSSR count). The summed E-state index contributed by atoms with van der Waals surface area (Å²) in [6.45, 7) is 0. The Hall–Kier alpha value is -1.07. The number of nitro groups is 1. The molecular weight excluding hydrogens is 197 g/mol. The molecule has 0 saturated carbocycles. The number of hydrogen-bond acceptors (Lipinski definition) is 5. The van der Waals surface area contributed by atoms with Gasteiger partial charge in [-0.1, -0.05) is 0 Å². The average Bonchev–Trinajstić information content (AvgIpc) is 2.03. The van der Waals surface area contributed by atoms with Crippen molar-refractivity contribution in [2.45, 2.75) is 0 Å². The van der Waals surface area contributed by atoms with Crippen LogP contribution in [0.15, 0.2) is 24.3 Å². The minimum absolute atomic E-state index is 0.0851. The maximum absolute atomic E-state index is 10.2. The summed E-state index contributed by atoms with van der Waals surface area (Å²) in [5.41, 5.74) is -0.165. The molecule has 0 aromatic heterocycles. The molecule has 0 atom stereocenters. The van der Waals surface area contributed by atoms with Crippen molar-refractivity contribution in [1.29, 1.82) is 0 Å². The summed E-state index contributed by atoms with van der Waals surface area (Å²) in [6, 6.07) is 4.42. The van der Waals surface area contributed by atoms with E-state index in [1.54, 1.807) is 0 Å². The molecule has 0 unspecified atom stereocenters.